The molecule has 0 spiro atoms. The van der Waals surface area contributed by atoms with Crippen LogP contribution >= 0.6 is 0 Å². The number of likely N-dealkylation sites (N-methyl/N-ethyl adjacent to an activating group) is 1. The molecule has 2 heterocycles. The number of amides is 2. The first-order valence-corrected chi connectivity index (χ1v) is 13.1. The van der Waals surface area contributed by atoms with E-state index in [0.717, 1.165) is 45.4 Å². The summed E-state index contributed by atoms with van der Waals surface area (Å²) in [6.45, 7) is 5.80. The van der Waals surface area contributed by atoms with E-state index in [1.54, 1.807) is 7.05 Å². The maximum Gasteiger partial charge on any atom is 0.245 e. The number of fused-ring (bicyclic) bond motifs is 1. The van der Waals surface area contributed by atoms with E-state index in [-0.39, 0.29) is 23.9 Å². The van der Waals surface area contributed by atoms with Crippen molar-refractivity contribution in [3.63, 3.8) is 0 Å². The number of rotatable bonds is 9. The first-order valence-electron chi connectivity index (χ1n) is 13.1. The maximum absolute atomic E-state index is 13.8. The maximum atomic E-state index is 13.8. The summed E-state index contributed by atoms with van der Waals surface area (Å²) < 4.78 is 0. The van der Waals surface area contributed by atoms with Crippen molar-refractivity contribution in [1.29, 1.82) is 0 Å². The Bertz CT molecular complexity index is 780. The van der Waals surface area contributed by atoms with Crippen LogP contribution in [-0.4, -0.2) is 73.0 Å². The molecule has 0 bridgehead atoms. The van der Waals surface area contributed by atoms with E-state index in [9.17, 15) is 9.59 Å². The van der Waals surface area contributed by atoms with Crippen LogP contribution in [0.5, 0.6) is 0 Å². The Hall–Kier alpha value is -1.92. The number of likely N-dealkylation sites (tertiary alicyclic amines) is 2. The Balaban J connectivity index is 1.39. The van der Waals surface area contributed by atoms with Gasteiger partial charge in [-0.3, -0.25) is 9.59 Å². The molecule has 33 heavy (non-hydrogen) atoms. The summed E-state index contributed by atoms with van der Waals surface area (Å²) in [6, 6.07) is 10.3. The third kappa shape index (κ3) is 6.15. The fourth-order valence-corrected chi connectivity index (χ4v) is 6.04. The van der Waals surface area contributed by atoms with Gasteiger partial charge < -0.3 is 20.4 Å². The van der Waals surface area contributed by atoms with Gasteiger partial charge in [0.25, 0.3) is 0 Å². The standard InChI is InChI=1S/C27H42N4O2/c1-20(28-2)26(32)29-24(18-22-10-6-7-11-22)27(33)31-17-14-23-13-16-30(19-25(23)31)15-12-21-8-4-3-5-9-21/h3-5,8-9,20,22-25,28H,6-7,10-19H2,1-2H3,(H,29,32)/t20-,23+,24-,25+/m0/s1. The Morgan fingerprint density at radius 1 is 1.06 bits per heavy atom. The predicted octanol–water partition coefficient (Wildman–Crippen LogP) is 2.82. The number of hydrogen-bond acceptors (Lipinski definition) is 4. The van der Waals surface area contributed by atoms with Gasteiger partial charge in [0.05, 0.1) is 6.04 Å². The third-order valence-electron chi connectivity index (χ3n) is 8.27. The second kappa shape index (κ2) is 11.5. The molecule has 182 valence electrons. The van der Waals surface area contributed by atoms with Gasteiger partial charge >= 0.3 is 0 Å². The lowest BCUT2D eigenvalue weighted by molar-refractivity contribution is -0.139. The van der Waals surface area contributed by atoms with Crippen molar-refractivity contribution in [3.05, 3.63) is 35.9 Å². The minimum atomic E-state index is -0.394. The van der Waals surface area contributed by atoms with Gasteiger partial charge in [-0.2, -0.15) is 0 Å². The van der Waals surface area contributed by atoms with Gasteiger partial charge in [0.15, 0.2) is 0 Å². The van der Waals surface area contributed by atoms with E-state index in [1.807, 2.05) is 6.92 Å². The molecule has 3 aliphatic rings. The van der Waals surface area contributed by atoms with Gasteiger partial charge in [-0.05, 0) is 63.6 Å². The number of nitrogens with zero attached hydrogens (tertiary/aromatic N) is 2. The molecule has 2 aliphatic heterocycles. The van der Waals surface area contributed by atoms with Crippen LogP contribution in [0.1, 0.15) is 57.4 Å². The van der Waals surface area contributed by atoms with Crippen LogP contribution in [-0.2, 0) is 16.0 Å². The summed E-state index contributed by atoms with van der Waals surface area (Å²) in [6.07, 6.45) is 8.95. The smallest absolute Gasteiger partial charge is 0.245 e. The molecule has 0 unspecified atom stereocenters. The van der Waals surface area contributed by atoms with Gasteiger partial charge in [-0.15, -0.1) is 0 Å². The number of hydrogen-bond donors (Lipinski definition) is 2. The summed E-state index contributed by atoms with van der Waals surface area (Å²) in [4.78, 5) is 31.1. The highest BCUT2D eigenvalue weighted by Gasteiger charge is 2.43. The van der Waals surface area contributed by atoms with Gasteiger partial charge in [0, 0.05) is 25.7 Å². The monoisotopic (exact) mass is 454 g/mol. The SMILES string of the molecule is CN[C@@H](C)C(=O)N[C@@H](CC1CCCC1)C(=O)N1CC[C@H]2CCN(CCc3ccccc3)C[C@H]21. The molecule has 2 N–H and O–H groups in total. The molecule has 1 saturated carbocycles. The van der Waals surface area contributed by atoms with E-state index in [1.165, 1.54) is 37.7 Å². The molecule has 6 heteroatoms. The number of piperidine rings is 1. The van der Waals surface area contributed by atoms with E-state index >= 15 is 0 Å². The minimum Gasteiger partial charge on any atom is -0.343 e. The fraction of sp³-hybridized carbons (Fsp3) is 0.704. The van der Waals surface area contributed by atoms with Gasteiger partial charge in [-0.1, -0.05) is 56.0 Å². The van der Waals surface area contributed by atoms with Crippen LogP contribution in [0.2, 0.25) is 0 Å². The molecule has 6 nitrogen and oxygen atoms in total. The molecule has 4 rings (SSSR count). The highest BCUT2D eigenvalue weighted by Crippen LogP contribution is 2.34. The molecule has 2 saturated heterocycles. The number of carbonyl (C=O) groups is 2. The molecule has 0 radical (unpaired) electrons. The number of benzene rings is 1. The van der Waals surface area contributed by atoms with Crippen molar-refractivity contribution in [1.82, 2.24) is 20.4 Å². The summed E-state index contributed by atoms with van der Waals surface area (Å²) in [5, 5.41) is 6.13. The second-order valence-corrected chi connectivity index (χ2v) is 10.4. The molecule has 1 aromatic carbocycles. The van der Waals surface area contributed by atoms with E-state index in [2.05, 4.69) is 50.8 Å². The zero-order valence-electron chi connectivity index (χ0n) is 20.5. The number of carbonyl (C=O) groups excluding carboxylic acids is 2. The van der Waals surface area contributed by atoms with Crippen LogP contribution in [0.25, 0.3) is 0 Å². The van der Waals surface area contributed by atoms with Crippen LogP contribution in [0.4, 0.5) is 0 Å². The molecular weight excluding hydrogens is 412 g/mol. The summed E-state index contributed by atoms with van der Waals surface area (Å²) in [7, 11) is 1.79. The van der Waals surface area contributed by atoms with E-state index < -0.39 is 6.04 Å². The first kappa shape index (κ1) is 24.2. The van der Waals surface area contributed by atoms with E-state index in [0.29, 0.717) is 11.8 Å². The average molecular weight is 455 g/mol. The molecule has 2 amide bonds. The van der Waals surface area contributed by atoms with Crippen LogP contribution in [0.15, 0.2) is 30.3 Å². The molecule has 4 atom stereocenters. The molecule has 1 aliphatic carbocycles. The largest absolute Gasteiger partial charge is 0.343 e. The number of nitrogens with one attached hydrogen (secondary N) is 2. The lowest BCUT2D eigenvalue weighted by Gasteiger charge is -2.39. The lowest BCUT2D eigenvalue weighted by Crippen LogP contribution is -2.57. The summed E-state index contributed by atoms with van der Waals surface area (Å²) in [5.74, 6) is 1.23. The normalized spacial score (nSPS) is 25.6. The van der Waals surface area contributed by atoms with Crippen molar-refractivity contribution in [3.8, 4) is 0 Å². The van der Waals surface area contributed by atoms with Crippen molar-refractivity contribution < 1.29 is 9.59 Å². The Labute approximate surface area is 199 Å². The molecule has 0 aromatic heterocycles. The fourth-order valence-electron chi connectivity index (χ4n) is 6.04. The van der Waals surface area contributed by atoms with Crippen molar-refractivity contribution >= 4 is 11.8 Å². The molecule has 3 fully saturated rings. The van der Waals surface area contributed by atoms with Crippen LogP contribution < -0.4 is 10.6 Å². The van der Waals surface area contributed by atoms with Gasteiger partial charge in [0.2, 0.25) is 11.8 Å². The highest BCUT2D eigenvalue weighted by molar-refractivity contribution is 5.90. The lowest BCUT2D eigenvalue weighted by atomic mass is 9.91. The minimum absolute atomic E-state index is 0.0716. The summed E-state index contributed by atoms with van der Waals surface area (Å²) >= 11 is 0. The first-order chi connectivity index (χ1) is 16.0. The Morgan fingerprint density at radius 3 is 2.52 bits per heavy atom. The molecule has 1 aromatic rings. The predicted molar refractivity (Wildman–Crippen MR) is 132 cm³/mol. The quantitative estimate of drug-likeness (QED) is 0.602. The van der Waals surface area contributed by atoms with E-state index in [4.69, 9.17) is 0 Å². The molecular formula is C27H42N4O2. The zero-order valence-corrected chi connectivity index (χ0v) is 20.5. The van der Waals surface area contributed by atoms with Gasteiger partial charge in [0.1, 0.15) is 6.04 Å². The highest BCUT2D eigenvalue weighted by atomic mass is 16.2. The Kier molecular flexibility index (Phi) is 8.42. The van der Waals surface area contributed by atoms with Crippen LogP contribution in [0, 0.1) is 11.8 Å². The Morgan fingerprint density at radius 2 is 1.79 bits per heavy atom. The van der Waals surface area contributed by atoms with Crippen LogP contribution in [0.3, 0.4) is 0 Å². The van der Waals surface area contributed by atoms with Crippen molar-refractivity contribution in [2.24, 2.45) is 11.8 Å². The van der Waals surface area contributed by atoms with Crippen molar-refractivity contribution in [2.75, 3.05) is 33.2 Å². The average Bonchev–Trinajstić information content (AvgIpc) is 3.51. The zero-order chi connectivity index (χ0) is 23.2. The topological polar surface area (TPSA) is 64.7 Å². The van der Waals surface area contributed by atoms with Gasteiger partial charge in [-0.25, -0.2) is 0 Å². The second-order valence-electron chi connectivity index (χ2n) is 10.4. The summed E-state index contributed by atoms with van der Waals surface area (Å²) in [5.41, 5.74) is 1.37. The third-order valence-corrected chi connectivity index (χ3v) is 8.27. The van der Waals surface area contributed by atoms with Crippen molar-refractivity contribution in [2.45, 2.75) is 76.4 Å².